The Labute approximate surface area is 238 Å². The van der Waals surface area contributed by atoms with Crippen LogP contribution in [0.4, 0.5) is 0 Å². The minimum Gasteiger partial charge on any atom is -0.484 e. The summed E-state index contributed by atoms with van der Waals surface area (Å²) in [4.78, 5) is 29.2. The lowest BCUT2D eigenvalue weighted by Gasteiger charge is -2.32. The van der Waals surface area contributed by atoms with Gasteiger partial charge >= 0.3 is 0 Å². The molecule has 0 bridgehead atoms. The van der Waals surface area contributed by atoms with Crippen LogP contribution in [0.1, 0.15) is 47.9 Å². The molecular weight excluding hydrogens is 564 g/mol. The van der Waals surface area contributed by atoms with Crippen molar-refractivity contribution in [2.45, 2.75) is 64.6 Å². The molecule has 0 heterocycles. The molecule has 5 nitrogen and oxygen atoms in total. The van der Waals surface area contributed by atoms with Gasteiger partial charge in [0.2, 0.25) is 5.91 Å². The van der Waals surface area contributed by atoms with Gasteiger partial charge in [0.15, 0.2) is 6.61 Å². The molecule has 200 valence electrons. The largest absolute Gasteiger partial charge is 0.484 e. The van der Waals surface area contributed by atoms with Crippen LogP contribution in [-0.2, 0) is 22.6 Å². The lowest BCUT2D eigenvalue weighted by atomic mass is 10.0. The van der Waals surface area contributed by atoms with Crippen LogP contribution >= 0.6 is 27.5 Å². The zero-order valence-electron chi connectivity index (χ0n) is 21.9. The molecule has 0 aromatic heterocycles. The summed E-state index contributed by atoms with van der Waals surface area (Å²) in [5.41, 5.74) is 3.90. The summed E-state index contributed by atoms with van der Waals surface area (Å²) in [6, 6.07) is 20.5. The van der Waals surface area contributed by atoms with Gasteiger partial charge in [-0.15, -0.1) is 0 Å². The Morgan fingerprint density at radius 1 is 1.00 bits per heavy atom. The van der Waals surface area contributed by atoms with Crippen molar-refractivity contribution in [3.05, 3.63) is 98.5 Å². The molecule has 0 unspecified atom stereocenters. The molecule has 0 spiro atoms. The van der Waals surface area contributed by atoms with Crippen molar-refractivity contribution in [3.8, 4) is 5.75 Å². The van der Waals surface area contributed by atoms with Crippen LogP contribution in [0.15, 0.2) is 71.2 Å². The lowest BCUT2D eigenvalue weighted by Crippen LogP contribution is -2.53. The highest BCUT2D eigenvalue weighted by molar-refractivity contribution is 9.10. The molecule has 7 heteroatoms. The molecule has 3 aromatic rings. The van der Waals surface area contributed by atoms with E-state index in [1.54, 1.807) is 11.0 Å². The maximum absolute atomic E-state index is 13.8. The second kappa shape index (κ2) is 13.3. The summed E-state index contributed by atoms with van der Waals surface area (Å²) in [6.07, 6.45) is 4.57. The summed E-state index contributed by atoms with van der Waals surface area (Å²) >= 11 is 9.84. The predicted molar refractivity (Wildman–Crippen MR) is 155 cm³/mol. The Morgan fingerprint density at radius 2 is 1.66 bits per heavy atom. The van der Waals surface area contributed by atoms with Gasteiger partial charge in [-0.3, -0.25) is 9.59 Å². The van der Waals surface area contributed by atoms with Gasteiger partial charge in [0.25, 0.3) is 5.91 Å². The molecule has 2 amide bonds. The highest BCUT2D eigenvalue weighted by atomic mass is 79.9. The topological polar surface area (TPSA) is 58.6 Å². The van der Waals surface area contributed by atoms with E-state index in [1.165, 1.54) is 0 Å². The Balaban J connectivity index is 1.62. The van der Waals surface area contributed by atoms with E-state index in [-0.39, 0.29) is 31.0 Å². The Hall–Kier alpha value is -2.83. The first kappa shape index (κ1) is 28.2. The van der Waals surface area contributed by atoms with Crippen molar-refractivity contribution in [3.63, 3.8) is 0 Å². The number of nitrogens with one attached hydrogen (secondary N) is 1. The second-order valence-corrected chi connectivity index (χ2v) is 11.2. The number of ether oxygens (including phenoxy) is 1. The molecule has 4 rings (SSSR count). The van der Waals surface area contributed by atoms with Crippen LogP contribution in [0, 0.1) is 13.8 Å². The molecule has 0 saturated heterocycles. The fraction of sp³-hybridized carbons (Fsp3) is 0.355. The number of carbonyl (C=O) groups is 2. The van der Waals surface area contributed by atoms with Gasteiger partial charge in [-0.2, -0.15) is 0 Å². The van der Waals surface area contributed by atoms with E-state index in [2.05, 4.69) is 21.2 Å². The number of amides is 2. The lowest BCUT2D eigenvalue weighted by molar-refractivity contribution is -0.143. The molecule has 1 N–H and O–H groups in total. The van der Waals surface area contributed by atoms with Gasteiger partial charge in [-0.1, -0.05) is 82.8 Å². The number of carbonyl (C=O) groups excluding carboxylic acids is 2. The van der Waals surface area contributed by atoms with Crippen LogP contribution in [0.3, 0.4) is 0 Å². The maximum atomic E-state index is 13.8. The van der Waals surface area contributed by atoms with Gasteiger partial charge in [0.1, 0.15) is 11.8 Å². The van der Waals surface area contributed by atoms with Crippen LogP contribution < -0.4 is 10.1 Å². The highest BCUT2D eigenvalue weighted by Crippen LogP contribution is 2.27. The van der Waals surface area contributed by atoms with Crippen molar-refractivity contribution in [2.75, 3.05) is 6.61 Å². The molecule has 1 saturated carbocycles. The average molecular weight is 598 g/mol. The zero-order valence-corrected chi connectivity index (χ0v) is 24.2. The quantitative estimate of drug-likeness (QED) is 0.280. The van der Waals surface area contributed by atoms with Crippen LogP contribution in [0.5, 0.6) is 5.75 Å². The van der Waals surface area contributed by atoms with Gasteiger partial charge in [0, 0.05) is 28.5 Å². The van der Waals surface area contributed by atoms with E-state index in [1.807, 2.05) is 74.5 Å². The van der Waals surface area contributed by atoms with E-state index in [0.717, 1.165) is 52.4 Å². The van der Waals surface area contributed by atoms with Crippen LogP contribution in [0.2, 0.25) is 5.02 Å². The summed E-state index contributed by atoms with van der Waals surface area (Å²) in [5.74, 6) is 0.228. The van der Waals surface area contributed by atoms with E-state index in [4.69, 9.17) is 16.3 Å². The van der Waals surface area contributed by atoms with Crippen molar-refractivity contribution < 1.29 is 14.3 Å². The van der Waals surface area contributed by atoms with Crippen molar-refractivity contribution in [1.82, 2.24) is 10.2 Å². The molecule has 3 aromatic carbocycles. The number of hydrogen-bond donors (Lipinski definition) is 1. The van der Waals surface area contributed by atoms with E-state index in [0.29, 0.717) is 17.2 Å². The van der Waals surface area contributed by atoms with Crippen molar-refractivity contribution in [2.24, 2.45) is 0 Å². The SMILES string of the molecule is Cc1cc(OCC(=O)N(Cc2cccc(Cl)c2)[C@@H](Cc2ccccc2)C(=O)NC2CCCC2)cc(C)c1Br. The number of hydrogen-bond acceptors (Lipinski definition) is 3. The number of aryl methyl sites for hydroxylation is 2. The molecular formula is C31H34BrClN2O3. The first-order valence-corrected chi connectivity index (χ1v) is 14.2. The standard InChI is InChI=1S/C31H34BrClN2O3/c1-21-15-27(16-22(2)30(21)32)38-20-29(36)35(19-24-11-8-12-25(33)17-24)28(18-23-9-4-3-5-10-23)31(37)34-26-13-6-7-14-26/h3-5,8-12,15-17,26,28H,6-7,13-14,18-20H2,1-2H3,(H,34,37)/t28-/m0/s1. The smallest absolute Gasteiger partial charge is 0.261 e. The zero-order chi connectivity index (χ0) is 27.1. The van der Waals surface area contributed by atoms with Crippen LogP contribution in [0.25, 0.3) is 0 Å². The normalized spacial score (nSPS) is 14.2. The Kier molecular flexibility index (Phi) is 9.86. The van der Waals surface area contributed by atoms with Crippen molar-refractivity contribution in [1.29, 1.82) is 0 Å². The minimum atomic E-state index is -0.693. The second-order valence-electron chi connectivity index (χ2n) is 10.0. The fourth-order valence-electron chi connectivity index (χ4n) is 4.97. The summed E-state index contributed by atoms with van der Waals surface area (Å²) in [6.45, 7) is 4.04. The third-order valence-electron chi connectivity index (χ3n) is 6.99. The summed E-state index contributed by atoms with van der Waals surface area (Å²) in [5, 5.41) is 3.81. The predicted octanol–water partition coefficient (Wildman–Crippen LogP) is 6.80. The molecule has 0 aliphatic heterocycles. The fourth-order valence-corrected chi connectivity index (χ4v) is 5.41. The molecule has 1 atom stereocenters. The molecule has 1 fully saturated rings. The highest BCUT2D eigenvalue weighted by Gasteiger charge is 2.32. The summed E-state index contributed by atoms with van der Waals surface area (Å²) in [7, 11) is 0. The first-order chi connectivity index (χ1) is 18.3. The van der Waals surface area contributed by atoms with Crippen molar-refractivity contribution >= 4 is 39.3 Å². The van der Waals surface area contributed by atoms with E-state index >= 15 is 0 Å². The van der Waals surface area contributed by atoms with E-state index < -0.39 is 6.04 Å². The number of benzene rings is 3. The molecule has 38 heavy (non-hydrogen) atoms. The molecule has 0 radical (unpaired) electrons. The van der Waals surface area contributed by atoms with Gasteiger partial charge in [0.05, 0.1) is 0 Å². The Morgan fingerprint density at radius 3 is 2.32 bits per heavy atom. The first-order valence-electron chi connectivity index (χ1n) is 13.1. The van der Waals surface area contributed by atoms with Gasteiger partial charge < -0.3 is 15.0 Å². The maximum Gasteiger partial charge on any atom is 0.261 e. The van der Waals surface area contributed by atoms with E-state index in [9.17, 15) is 9.59 Å². The molecule has 1 aliphatic rings. The van der Waals surface area contributed by atoms with Gasteiger partial charge in [-0.05, 0) is 73.2 Å². The average Bonchev–Trinajstić information content (AvgIpc) is 3.41. The Bertz CT molecular complexity index is 1240. The van der Waals surface area contributed by atoms with Crippen LogP contribution in [-0.4, -0.2) is 35.4 Å². The number of rotatable bonds is 10. The van der Waals surface area contributed by atoms with Gasteiger partial charge in [-0.25, -0.2) is 0 Å². The monoisotopic (exact) mass is 596 g/mol. The third-order valence-corrected chi connectivity index (χ3v) is 8.47. The number of halogens is 2. The number of nitrogens with zero attached hydrogens (tertiary/aromatic N) is 1. The molecule has 1 aliphatic carbocycles. The summed E-state index contributed by atoms with van der Waals surface area (Å²) < 4.78 is 6.99. The third kappa shape index (κ3) is 7.61. The minimum absolute atomic E-state index is 0.133.